The maximum atomic E-state index is 5.87. The van der Waals surface area contributed by atoms with Crippen molar-refractivity contribution < 1.29 is 0 Å². The van der Waals surface area contributed by atoms with Gasteiger partial charge in [0.25, 0.3) is 0 Å². The zero-order chi connectivity index (χ0) is 10.4. The lowest BCUT2D eigenvalue weighted by atomic mass is 10.2. The summed E-state index contributed by atoms with van der Waals surface area (Å²) in [7, 11) is 0. The van der Waals surface area contributed by atoms with Crippen LogP contribution in [0.1, 0.15) is 26.3 Å². The highest BCUT2D eigenvalue weighted by molar-refractivity contribution is 6.39. The summed E-state index contributed by atoms with van der Waals surface area (Å²) in [5, 5.41) is 1.87. The van der Waals surface area contributed by atoms with Crippen molar-refractivity contribution in [3.63, 3.8) is 0 Å². The fourth-order valence-electron chi connectivity index (χ4n) is 0.910. The van der Waals surface area contributed by atoms with Crippen molar-refractivity contribution in [1.82, 2.24) is 0 Å². The van der Waals surface area contributed by atoms with Crippen LogP contribution in [0.5, 0.6) is 0 Å². The molecule has 0 spiro atoms. The fourth-order valence-corrected chi connectivity index (χ4v) is 1.99. The molecule has 0 aliphatic heterocycles. The van der Waals surface area contributed by atoms with Gasteiger partial charge < -0.3 is 0 Å². The standard InChI is InChI=1S/C8H7Cl3.C2H6/c1-2-6-7(10)3-5(9)4-8(6)11;1-2/h3-4H,2H2,1H3;1-2H3. The van der Waals surface area contributed by atoms with Crippen molar-refractivity contribution in [1.29, 1.82) is 0 Å². The Bertz CT molecular complexity index is 246. The molecule has 1 rings (SSSR count). The van der Waals surface area contributed by atoms with E-state index in [1.807, 2.05) is 20.8 Å². The van der Waals surface area contributed by atoms with Crippen LogP contribution in [0.4, 0.5) is 0 Å². The van der Waals surface area contributed by atoms with Crippen molar-refractivity contribution in [2.75, 3.05) is 0 Å². The van der Waals surface area contributed by atoms with Gasteiger partial charge in [-0.25, -0.2) is 0 Å². The van der Waals surface area contributed by atoms with Gasteiger partial charge in [-0.3, -0.25) is 0 Å². The quantitative estimate of drug-likeness (QED) is 0.629. The van der Waals surface area contributed by atoms with E-state index in [0.717, 1.165) is 12.0 Å². The topological polar surface area (TPSA) is 0 Å². The van der Waals surface area contributed by atoms with Gasteiger partial charge in [-0.05, 0) is 24.1 Å². The lowest BCUT2D eigenvalue weighted by Crippen LogP contribution is -1.83. The van der Waals surface area contributed by atoms with Crippen LogP contribution >= 0.6 is 34.8 Å². The lowest BCUT2D eigenvalue weighted by molar-refractivity contribution is 1.14. The van der Waals surface area contributed by atoms with E-state index in [1.165, 1.54) is 0 Å². The summed E-state index contributed by atoms with van der Waals surface area (Å²) >= 11 is 17.4. The predicted octanol–water partition coefficient (Wildman–Crippen LogP) is 5.24. The minimum absolute atomic E-state index is 0.581. The molecule has 0 saturated heterocycles. The second-order valence-corrected chi connectivity index (χ2v) is 3.45. The second-order valence-electron chi connectivity index (χ2n) is 2.20. The summed E-state index contributed by atoms with van der Waals surface area (Å²) in [6.45, 7) is 6.00. The van der Waals surface area contributed by atoms with Crippen molar-refractivity contribution in [2.45, 2.75) is 27.2 Å². The molecule has 0 aliphatic carbocycles. The number of hydrogen-bond acceptors (Lipinski definition) is 0. The normalized spacial score (nSPS) is 9.08. The first-order valence-electron chi connectivity index (χ1n) is 4.28. The predicted molar refractivity (Wildman–Crippen MR) is 62.2 cm³/mol. The van der Waals surface area contributed by atoms with Crippen LogP contribution in [-0.2, 0) is 6.42 Å². The van der Waals surface area contributed by atoms with Gasteiger partial charge in [-0.15, -0.1) is 0 Å². The molecule has 74 valence electrons. The Balaban J connectivity index is 0.000000671. The van der Waals surface area contributed by atoms with Gasteiger partial charge in [0.05, 0.1) is 0 Å². The van der Waals surface area contributed by atoms with Crippen LogP contribution in [0.25, 0.3) is 0 Å². The molecule has 3 heteroatoms. The van der Waals surface area contributed by atoms with E-state index >= 15 is 0 Å². The number of benzene rings is 1. The molecule has 0 amide bonds. The van der Waals surface area contributed by atoms with E-state index in [0.29, 0.717) is 15.1 Å². The third kappa shape index (κ3) is 3.76. The maximum Gasteiger partial charge on any atom is 0.0467 e. The smallest absolute Gasteiger partial charge is 0.0467 e. The molecule has 0 heterocycles. The van der Waals surface area contributed by atoms with Crippen LogP contribution in [-0.4, -0.2) is 0 Å². The number of halogens is 3. The molecule has 0 saturated carbocycles. The first kappa shape index (κ1) is 13.1. The zero-order valence-corrected chi connectivity index (χ0v) is 10.3. The molecule has 0 unspecified atom stereocenters. The largest absolute Gasteiger partial charge is 0.0842 e. The highest BCUT2D eigenvalue weighted by Crippen LogP contribution is 2.28. The molecule has 13 heavy (non-hydrogen) atoms. The molecular weight excluding hydrogens is 226 g/mol. The number of hydrogen-bond donors (Lipinski definition) is 0. The summed E-state index contributed by atoms with van der Waals surface area (Å²) in [5.41, 5.74) is 0.956. The van der Waals surface area contributed by atoms with Crippen molar-refractivity contribution in [3.05, 3.63) is 32.8 Å². The molecule has 1 aromatic carbocycles. The Kier molecular flexibility index (Phi) is 6.58. The fraction of sp³-hybridized carbons (Fsp3) is 0.400. The summed E-state index contributed by atoms with van der Waals surface area (Å²) < 4.78 is 0. The minimum Gasteiger partial charge on any atom is -0.0842 e. The van der Waals surface area contributed by atoms with Crippen LogP contribution < -0.4 is 0 Å². The van der Waals surface area contributed by atoms with Gasteiger partial charge in [-0.2, -0.15) is 0 Å². The number of rotatable bonds is 1. The molecule has 0 fully saturated rings. The molecule has 0 bridgehead atoms. The van der Waals surface area contributed by atoms with Gasteiger partial charge in [0, 0.05) is 15.1 Å². The van der Waals surface area contributed by atoms with E-state index < -0.39 is 0 Å². The molecule has 0 radical (unpaired) electrons. The van der Waals surface area contributed by atoms with Crippen LogP contribution in [0.15, 0.2) is 12.1 Å². The lowest BCUT2D eigenvalue weighted by Gasteiger charge is -2.03. The Labute approximate surface area is 94.8 Å². The van der Waals surface area contributed by atoms with Crippen LogP contribution in [0.3, 0.4) is 0 Å². The Hall–Kier alpha value is 0.0900. The first-order valence-corrected chi connectivity index (χ1v) is 5.42. The molecule has 0 nitrogen and oxygen atoms in total. The highest BCUT2D eigenvalue weighted by Gasteiger charge is 2.04. The van der Waals surface area contributed by atoms with Crippen molar-refractivity contribution >= 4 is 34.8 Å². The second kappa shape index (κ2) is 6.53. The highest BCUT2D eigenvalue weighted by atomic mass is 35.5. The Morgan fingerprint density at radius 2 is 1.38 bits per heavy atom. The summed E-state index contributed by atoms with van der Waals surface area (Å²) in [6, 6.07) is 3.40. The average molecular weight is 240 g/mol. The third-order valence-electron chi connectivity index (χ3n) is 1.46. The van der Waals surface area contributed by atoms with Gasteiger partial charge in [-0.1, -0.05) is 55.6 Å². The minimum atomic E-state index is 0.581. The maximum absolute atomic E-state index is 5.87. The third-order valence-corrected chi connectivity index (χ3v) is 2.35. The molecule has 0 atom stereocenters. The summed E-state index contributed by atoms with van der Waals surface area (Å²) in [5.74, 6) is 0. The van der Waals surface area contributed by atoms with Gasteiger partial charge in [0.2, 0.25) is 0 Å². The molecule has 0 aliphatic rings. The molecule has 1 aromatic rings. The average Bonchev–Trinajstić information content (AvgIpc) is 2.07. The Morgan fingerprint density at radius 1 is 1.00 bits per heavy atom. The Morgan fingerprint density at radius 3 is 1.69 bits per heavy atom. The summed E-state index contributed by atoms with van der Waals surface area (Å²) in [6.07, 6.45) is 0.828. The van der Waals surface area contributed by atoms with E-state index in [1.54, 1.807) is 12.1 Å². The van der Waals surface area contributed by atoms with E-state index in [2.05, 4.69) is 0 Å². The van der Waals surface area contributed by atoms with Gasteiger partial charge >= 0.3 is 0 Å². The van der Waals surface area contributed by atoms with Crippen molar-refractivity contribution in [2.24, 2.45) is 0 Å². The van der Waals surface area contributed by atoms with E-state index in [9.17, 15) is 0 Å². The van der Waals surface area contributed by atoms with Crippen molar-refractivity contribution in [3.8, 4) is 0 Å². The van der Waals surface area contributed by atoms with Gasteiger partial charge in [0.15, 0.2) is 0 Å². The van der Waals surface area contributed by atoms with E-state index in [4.69, 9.17) is 34.8 Å². The molecular formula is C10H13Cl3. The van der Waals surface area contributed by atoms with Gasteiger partial charge in [0.1, 0.15) is 0 Å². The molecule has 0 aromatic heterocycles. The van der Waals surface area contributed by atoms with Crippen LogP contribution in [0, 0.1) is 0 Å². The van der Waals surface area contributed by atoms with Crippen LogP contribution in [0.2, 0.25) is 15.1 Å². The SMILES string of the molecule is CC.CCc1c(Cl)cc(Cl)cc1Cl. The molecule has 0 N–H and O–H groups in total. The summed E-state index contributed by atoms with van der Waals surface area (Å²) in [4.78, 5) is 0. The zero-order valence-electron chi connectivity index (χ0n) is 8.00. The monoisotopic (exact) mass is 238 g/mol. The first-order chi connectivity index (χ1) is 6.15. The van der Waals surface area contributed by atoms with E-state index in [-0.39, 0.29) is 0 Å².